The molecule has 1 atom stereocenters. The van der Waals surface area contributed by atoms with Crippen LogP contribution in [0.5, 0.6) is 0 Å². The summed E-state index contributed by atoms with van der Waals surface area (Å²) in [7, 11) is 0. The van der Waals surface area contributed by atoms with Gasteiger partial charge < -0.3 is 0 Å². The number of rotatable bonds is 2. The van der Waals surface area contributed by atoms with Crippen molar-refractivity contribution >= 4 is 38.9 Å². The van der Waals surface area contributed by atoms with Crippen LogP contribution in [0.1, 0.15) is 32.0 Å². The summed E-state index contributed by atoms with van der Waals surface area (Å²) in [6.45, 7) is 5.84. The lowest BCUT2D eigenvalue weighted by Crippen LogP contribution is -1.99. The van der Waals surface area contributed by atoms with E-state index in [0.29, 0.717) is 0 Å². The van der Waals surface area contributed by atoms with Crippen LogP contribution in [-0.4, -0.2) is 0 Å². The highest BCUT2D eigenvalue weighted by Crippen LogP contribution is 2.42. The summed E-state index contributed by atoms with van der Waals surface area (Å²) < 4.78 is 13.3. The van der Waals surface area contributed by atoms with Crippen LogP contribution >= 0.6 is 38.9 Å². The van der Waals surface area contributed by atoms with Gasteiger partial charge in [0.05, 0.1) is 9.85 Å². The summed E-state index contributed by atoms with van der Waals surface area (Å²) >= 11 is 11.6. The molecular formula is C14H13BrClFS. The van der Waals surface area contributed by atoms with E-state index in [1.807, 2.05) is 26.2 Å². The van der Waals surface area contributed by atoms with Gasteiger partial charge in [-0.25, -0.2) is 4.39 Å². The molecular weight excluding hydrogens is 335 g/mol. The average Bonchev–Trinajstić information content (AvgIpc) is 2.58. The van der Waals surface area contributed by atoms with Gasteiger partial charge in [-0.2, -0.15) is 0 Å². The van der Waals surface area contributed by atoms with Gasteiger partial charge in [-0.3, -0.25) is 0 Å². The molecule has 0 N–H and O–H groups in total. The molecule has 0 saturated heterocycles. The maximum Gasteiger partial charge on any atom is 0.123 e. The number of thiophene rings is 1. The third-order valence-electron chi connectivity index (χ3n) is 2.97. The molecule has 1 aromatic heterocycles. The van der Waals surface area contributed by atoms with Crippen molar-refractivity contribution in [3.05, 3.63) is 55.5 Å². The summed E-state index contributed by atoms with van der Waals surface area (Å²) in [5.74, 6) is -0.193. The summed E-state index contributed by atoms with van der Waals surface area (Å²) in [6.07, 6.45) is 0. The van der Waals surface area contributed by atoms with Crippen LogP contribution in [0, 0.1) is 26.6 Å². The van der Waals surface area contributed by atoms with E-state index in [4.69, 9.17) is 11.6 Å². The van der Waals surface area contributed by atoms with Gasteiger partial charge in [-0.15, -0.1) is 11.3 Å². The minimum Gasteiger partial charge on any atom is -0.207 e. The number of aryl methyl sites for hydroxylation is 3. The summed E-state index contributed by atoms with van der Waals surface area (Å²) in [4.78, 5) is 1.09. The van der Waals surface area contributed by atoms with E-state index in [2.05, 4.69) is 15.9 Å². The second-order valence-corrected chi connectivity index (χ2v) is 6.62. The second kappa shape index (κ2) is 5.32. The number of hydrogen-bond acceptors (Lipinski definition) is 1. The van der Waals surface area contributed by atoms with Crippen molar-refractivity contribution < 1.29 is 4.39 Å². The third kappa shape index (κ3) is 2.49. The van der Waals surface area contributed by atoms with E-state index in [1.165, 1.54) is 0 Å². The molecule has 2 aromatic rings. The van der Waals surface area contributed by atoms with E-state index in [9.17, 15) is 4.39 Å². The third-order valence-corrected chi connectivity index (χ3v) is 5.96. The first-order valence-electron chi connectivity index (χ1n) is 5.56. The Morgan fingerprint density at radius 2 is 1.72 bits per heavy atom. The Morgan fingerprint density at radius 1 is 1.17 bits per heavy atom. The Morgan fingerprint density at radius 3 is 2.17 bits per heavy atom. The molecule has 0 spiro atoms. The Kier molecular flexibility index (Phi) is 4.15. The predicted octanol–water partition coefficient (Wildman–Crippen LogP) is 5.95. The van der Waals surface area contributed by atoms with E-state index in [-0.39, 0.29) is 10.6 Å². The van der Waals surface area contributed by atoms with Gasteiger partial charge in [0.15, 0.2) is 0 Å². The summed E-state index contributed by atoms with van der Waals surface area (Å²) in [6, 6.07) is 3.12. The van der Waals surface area contributed by atoms with Crippen LogP contribution in [0.4, 0.5) is 4.39 Å². The van der Waals surface area contributed by atoms with Crippen LogP contribution in [0.2, 0.25) is 5.02 Å². The maximum atomic E-state index is 13.3. The molecule has 96 valence electrons. The topological polar surface area (TPSA) is 0 Å². The molecule has 0 fully saturated rings. The Bertz CT molecular complexity index is 568. The highest BCUT2D eigenvalue weighted by molar-refractivity contribution is 9.09. The molecule has 0 saturated carbocycles. The fraction of sp³-hybridized carbons (Fsp3) is 0.286. The molecule has 1 unspecified atom stereocenters. The standard InChI is InChI=1S/C14H13BrClFS/c1-7-4-10(17)5-8(2)11(7)12(15)14-13(16)9(3)6-18-14/h4-6,12H,1-3H3. The molecule has 0 bridgehead atoms. The van der Waals surface area contributed by atoms with Crippen molar-refractivity contribution in [2.24, 2.45) is 0 Å². The highest BCUT2D eigenvalue weighted by atomic mass is 79.9. The number of alkyl halides is 1. The molecule has 0 aliphatic heterocycles. The maximum absolute atomic E-state index is 13.3. The molecule has 0 radical (unpaired) electrons. The fourth-order valence-electron chi connectivity index (χ4n) is 2.07. The van der Waals surface area contributed by atoms with Crippen molar-refractivity contribution in [3.63, 3.8) is 0 Å². The molecule has 0 amide bonds. The largest absolute Gasteiger partial charge is 0.207 e. The smallest absolute Gasteiger partial charge is 0.123 e. The fourth-order valence-corrected chi connectivity index (χ4v) is 4.77. The molecule has 0 aliphatic carbocycles. The van der Waals surface area contributed by atoms with Gasteiger partial charge in [-0.05, 0) is 60.5 Å². The Hall–Kier alpha value is -0.380. The molecule has 0 aliphatic rings. The highest BCUT2D eigenvalue weighted by Gasteiger charge is 2.21. The first-order valence-corrected chi connectivity index (χ1v) is 7.73. The first-order chi connectivity index (χ1) is 8.41. The lowest BCUT2D eigenvalue weighted by Gasteiger charge is -2.16. The molecule has 2 rings (SSSR count). The van der Waals surface area contributed by atoms with Gasteiger partial charge in [0, 0.05) is 4.88 Å². The van der Waals surface area contributed by atoms with E-state index < -0.39 is 0 Å². The minimum absolute atomic E-state index is 0.0179. The molecule has 1 aromatic carbocycles. The lowest BCUT2D eigenvalue weighted by molar-refractivity contribution is 0.624. The lowest BCUT2D eigenvalue weighted by atomic mass is 9.99. The number of halogens is 3. The second-order valence-electron chi connectivity index (χ2n) is 4.41. The van der Waals surface area contributed by atoms with Crippen LogP contribution in [0.15, 0.2) is 17.5 Å². The zero-order valence-electron chi connectivity index (χ0n) is 10.4. The molecule has 1 heterocycles. The Labute approximate surface area is 124 Å². The van der Waals surface area contributed by atoms with E-state index in [0.717, 1.165) is 32.2 Å². The monoisotopic (exact) mass is 346 g/mol. The van der Waals surface area contributed by atoms with Crippen LogP contribution in [0.25, 0.3) is 0 Å². The van der Waals surface area contributed by atoms with Gasteiger partial charge in [-0.1, -0.05) is 27.5 Å². The molecule has 0 nitrogen and oxygen atoms in total. The number of hydrogen-bond donors (Lipinski definition) is 0. The van der Waals surface area contributed by atoms with Crippen molar-refractivity contribution in [2.75, 3.05) is 0 Å². The van der Waals surface area contributed by atoms with Gasteiger partial charge in [0.25, 0.3) is 0 Å². The first kappa shape index (κ1) is 14.0. The minimum atomic E-state index is -0.193. The zero-order valence-corrected chi connectivity index (χ0v) is 13.5. The van der Waals surface area contributed by atoms with Crippen LogP contribution in [-0.2, 0) is 0 Å². The van der Waals surface area contributed by atoms with Gasteiger partial charge in [0.1, 0.15) is 5.82 Å². The van der Waals surface area contributed by atoms with E-state index >= 15 is 0 Å². The average molecular weight is 348 g/mol. The molecule has 18 heavy (non-hydrogen) atoms. The summed E-state index contributed by atoms with van der Waals surface area (Å²) in [5, 5.41) is 2.84. The summed E-state index contributed by atoms with van der Waals surface area (Å²) in [5.41, 5.74) is 4.06. The van der Waals surface area contributed by atoms with Crippen molar-refractivity contribution in [1.82, 2.24) is 0 Å². The van der Waals surface area contributed by atoms with Crippen LogP contribution < -0.4 is 0 Å². The normalized spacial score (nSPS) is 12.8. The quantitative estimate of drug-likeness (QED) is 0.589. The zero-order chi connectivity index (χ0) is 13.4. The van der Waals surface area contributed by atoms with Gasteiger partial charge in [0.2, 0.25) is 0 Å². The van der Waals surface area contributed by atoms with Crippen molar-refractivity contribution in [1.29, 1.82) is 0 Å². The van der Waals surface area contributed by atoms with Crippen molar-refractivity contribution in [3.8, 4) is 0 Å². The SMILES string of the molecule is Cc1csc(C(Br)c2c(C)cc(F)cc2C)c1Cl. The number of benzene rings is 1. The van der Waals surface area contributed by atoms with Gasteiger partial charge >= 0.3 is 0 Å². The van der Waals surface area contributed by atoms with E-state index in [1.54, 1.807) is 23.5 Å². The predicted molar refractivity (Wildman–Crippen MR) is 80.7 cm³/mol. The van der Waals surface area contributed by atoms with Crippen molar-refractivity contribution in [2.45, 2.75) is 25.6 Å². The van der Waals surface area contributed by atoms with Crippen LogP contribution in [0.3, 0.4) is 0 Å². The molecule has 4 heteroatoms. The Balaban J connectivity index is 2.53.